The van der Waals surface area contributed by atoms with Crippen LogP contribution < -0.4 is 5.32 Å². The molecule has 1 aliphatic carbocycles. The van der Waals surface area contributed by atoms with Gasteiger partial charge >= 0.3 is 0 Å². The first kappa shape index (κ1) is 12.6. The van der Waals surface area contributed by atoms with Gasteiger partial charge in [0, 0.05) is 4.88 Å². The van der Waals surface area contributed by atoms with Gasteiger partial charge in [0.15, 0.2) is 0 Å². The molecule has 0 saturated heterocycles. The van der Waals surface area contributed by atoms with Gasteiger partial charge in [-0.3, -0.25) is 4.79 Å². The maximum Gasteiger partial charge on any atom is 0.238 e. The van der Waals surface area contributed by atoms with Crippen molar-refractivity contribution in [3.63, 3.8) is 0 Å². The molecule has 2 rings (SSSR count). The molecule has 90 valence electrons. The maximum absolute atomic E-state index is 11.8. The minimum atomic E-state index is -0.189. The average molecular weight is 313 g/mol. The predicted molar refractivity (Wildman–Crippen MR) is 72.7 cm³/mol. The van der Waals surface area contributed by atoms with Crippen LogP contribution in [0.3, 0.4) is 0 Å². The Labute approximate surface area is 113 Å². The molecule has 0 aromatic carbocycles. The normalized spacial score (nSPS) is 15.1. The summed E-state index contributed by atoms with van der Waals surface area (Å²) in [6.45, 7) is 1.94. The predicted octanol–water partition coefficient (Wildman–Crippen LogP) is 3.22. The van der Waals surface area contributed by atoms with Crippen LogP contribution in [0.1, 0.15) is 35.8 Å². The number of thiophene rings is 1. The topological polar surface area (TPSA) is 52.9 Å². The van der Waals surface area contributed by atoms with Crippen molar-refractivity contribution in [2.45, 2.75) is 37.4 Å². The van der Waals surface area contributed by atoms with Crippen LogP contribution in [0.4, 0.5) is 5.00 Å². The fourth-order valence-corrected chi connectivity index (χ4v) is 3.34. The Kier molecular flexibility index (Phi) is 3.85. The number of halogens is 1. The van der Waals surface area contributed by atoms with Crippen LogP contribution in [-0.2, 0) is 17.6 Å². The molecule has 0 spiro atoms. The zero-order valence-corrected chi connectivity index (χ0v) is 11.9. The molecule has 17 heavy (non-hydrogen) atoms. The summed E-state index contributed by atoms with van der Waals surface area (Å²) >= 11 is 4.87. The van der Waals surface area contributed by atoms with Crippen molar-refractivity contribution in [3.8, 4) is 6.07 Å². The van der Waals surface area contributed by atoms with E-state index in [0.717, 1.165) is 36.2 Å². The second kappa shape index (κ2) is 5.19. The highest BCUT2D eigenvalue weighted by Crippen LogP contribution is 2.38. The summed E-state index contributed by atoms with van der Waals surface area (Å²) in [5.41, 5.74) is 1.82. The number of fused-ring (bicyclic) bond motifs is 1. The van der Waals surface area contributed by atoms with Gasteiger partial charge in [-0.05, 0) is 31.2 Å². The fourth-order valence-electron chi connectivity index (χ4n) is 1.99. The van der Waals surface area contributed by atoms with Crippen LogP contribution in [-0.4, -0.2) is 10.7 Å². The number of hydrogen-bond acceptors (Lipinski definition) is 3. The van der Waals surface area contributed by atoms with E-state index >= 15 is 0 Å². The number of carbonyl (C=O) groups is 1. The van der Waals surface area contributed by atoms with Crippen molar-refractivity contribution in [3.05, 3.63) is 16.0 Å². The number of anilines is 1. The lowest BCUT2D eigenvalue weighted by atomic mass is 10.1. The van der Waals surface area contributed by atoms with Gasteiger partial charge in [-0.2, -0.15) is 5.26 Å². The Hall–Kier alpha value is -0.860. The van der Waals surface area contributed by atoms with Crippen molar-refractivity contribution in [2.24, 2.45) is 0 Å². The number of nitrogens with one attached hydrogen (secondary N) is 1. The summed E-state index contributed by atoms with van der Waals surface area (Å²) in [6.07, 6.45) is 3.87. The Morgan fingerprint density at radius 2 is 2.41 bits per heavy atom. The number of alkyl halides is 1. The molecule has 1 amide bonds. The van der Waals surface area contributed by atoms with E-state index in [1.54, 1.807) is 11.3 Å². The van der Waals surface area contributed by atoms with E-state index in [-0.39, 0.29) is 10.7 Å². The molecule has 1 aromatic rings. The lowest BCUT2D eigenvalue weighted by Crippen LogP contribution is -2.21. The number of nitriles is 1. The van der Waals surface area contributed by atoms with Crippen LogP contribution in [0, 0.1) is 11.3 Å². The monoisotopic (exact) mass is 312 g/mol. The van der Waals surface area contributed by atoms with Crippen LogP contribution in [0.5, 0.6) is 0 Å². The minimum absolute atomic E-state index is 0.0658. The van der Waals surface area contributed by atoms with Gasteiger partial charge in [-0.15, -0.1) is 11.3 Å². The van der Waals surface area contributed by atoms with E-state index in [1.165, 1.54) is 4.88 Å². The zero-order chi connectivity index (χ0) is 12.4. The van der Waals surface area contributed by atoms with Gasteiger partial charge in [0.05, 0.1) is 10.4 Å². The molecular formula is C12H13BrN2OS. The molecule has 0 aliphatic heterocycles. The summed E-state index contributed by atoms with van der Waals surface area (Å²) in [6, 6.07) is 2.22. The molecule has 1 aliphatic rings. The van der Waals surface area contributed by atoms with E-state index in [0.29, 0.717) is 5.56 Å². The fraction of sp³-hybridized carbons (Fsp3) is 0.500. The summed E-state index contributed by atoms with van der Waals surface area (Å²) in [5.74, 6) is -0.0658. The van der Waals surface area contributed by atoms with Gasteiger partial charge < -0.3 is 5.32 Å². The first-order valence-electron chi connectivity index (χ1n) is 5.67. The largest absolute Gasteiger partial charge is 0.316 e. The molecule has 0 bridgehead atoms. The molecule has 1 heterocycles. The number of amides is 1. The third-order valence-corrected chi connectivity index (χ3v) is 5.18. The molecule has 5 heteroatoms. The second-order valence-corrected chi connectivity index (χ2v) is 6.25. The maximum atomic E-state index is 11.8. The highest BCUT2D eigenvalue weighted by molar-refractivity contribution is 9.10. The number of nitrogens with zero attached hydrogens (tertiary/aromatic N) is 1. The second-order valence-electron chi connectivity index (χ2n) is 4.04. The first-order chi connectivity index (χ1) is 8.17. The molecule has 0 fully saturated rings. The third-order valence-electron chi connectivity index (χ3n) is 2.91. The molecule has 1 atom stereocenters. The van der Waals surface area contributed by atoms with Crippen LogP contribution in [0.15, 0.2) is 0 Å². The zero-order valence-electron chi connectivity index (χ0n) is 9.55. The number of rotatable bonds is 3. The smallest absolute Gasteiger partial charge is 0.238 e. The molecule has 1 N–H and O–H groups in total. The SMILES string of the molecule is CCC(Br)C(=O)Nc1sc2c(c1C#N)CCC2. The number of aryl methyl sites for hydroxylation is 1. The molecule has 0 radical (unpaired) electrons. The molecule has 1 unspecified atom stereocenters. The van der Waals surface area contributed by atoms with Crippen LogP contribution in [0.2, 0.25) is 0 Å². The number of hydrogen-bond donors (Lipinski definition) is 1. The summed E-state index contributed by atoms with van der Waals surface area (Å²) in [4.78, 5) is 12.9. The van der Waals surface area contributed by atoms with Crippen molar-refractivity contribution in [1.29, 1.82) is 5.26 Å². The Balaban J connectivity index is 2.23. The van der Waals surface area contributed by atoms with E-state index in [9.17, 15) is 10.1 Å². The van der Waals surface area contributed by atoms with Crippen molar-refractivity contribution >= 4 is 38.2 Å². The van der Waals surface area contributed by atoms with Crippen molar-refractivity contribution < 1.29 is 4.79 Å². The van der Waals surface area contributed by atoms with Crippen molar-refractivity contribution in [1.82, 2.24) is 0 Å². The third kappa shape index (κ3) is 2.38. The van der Waals surface area contributed by atoms with E-state index in [4.69, 9.17) is 0 Å². The Morgan fingerprint density at radius 1 is 1.65 bits per heavy atom. The molecule has 1 aromatic heterocycles. The molecule has 0 saturated carbocycles. The standard InChI is InChI=1S/C12H13BrN2OS/c1-2-9(13)11(16)15-12-8(6-14)7-4-3-5-10(7)17-12/h9H,2-5H2,1H3,(H,15,16). The highest BCUT2D eigenvalue weighted by Gasteiger charge is 2.24. The summed E-state index contributed by atoms with van der Waals surface area (Å²) in [5, 5.41) is 12.7. The van der Waals surface area contributed by atoms with Gasteiger partial charge in [0.25, 0.3) is 0 Å². The summed E-state index contributed by atoms with van der Waals surface area (Å²) < 4.78 is 0. The van der Waals surface area contributed by atoms with Gasteiger partial charge in [-0.25, -0.2) is 0 Å². The van der Waals surface area contributed by atoms with Gasteiger partial charge in [0.1, 0.15) is 11.1 Å². The van der Waals surface area contributed by atoms with Crippen LogP contribution in [0.25, 0.3) is 0 Å². The Morgan fingerprint density at radius 3 is 3.06 bits per heavy atom. The van der Waals surface area contributed by atoms with Crippen molar-refractivity contribution in [2.75, 3.05) is 5.32 Å². The Bertz CT molecular complexity index is 489. The quantitative estimate of drug-likeness (QED) is 0.871. The van der Waals surface area contributed by atoms with E-state index in [1.807, 2.05) is 6.92 Å². The first-order valence-corrected chi connectivity index (χ1v) is 7.40. The average Bonchev–Trinajstić information content (AvgIpc) is 2.87. The summed E-state index contributed by atoms with van der Waals surface area (Å²) in [7, 11) is 0. The van der Waals surface area contributed by atoms with Gasteiger partial charge in [0.2, 0.25) is 5.91 Å². The minimum Gasteiger partial charge on any atom is -0.316 e. The van der Waals surface area contributed by atoms with Gasteiger partial charge in [-0.1, -0.05) is 22.9 Å². The van der Waals surface area contributed by atoms with E-state index in [2.05, 4.69) is 27.3 Å². The lowest BCUT2D eigenvalue weighted by molar-refractivity contribution is -0.115. The van der Waals surface area contributed by atoms with Crippen LogP contribution >= 0.6 is 27.3 Å². The molecule has 3 nitrogen and oxygen atoms in total. The highest BCUT2D eigenvalue weighted by atomic mass is 79.9. The molecular weight excluding hydrogens is 300 g/mol. The van der Waals surface area contributed by atoms with E-state index < -0.39 is 0 Å². The number of carbonyl (C=O) groups excluding carboxylic acids is 1. The lowest BCUT2D eigenvalue weighted by Gasteiger charge is -2.07.